The van der Waals surface area contributed by atoms with E-state index in [1.807, 2.05) is 18.2 Å². The molecule has 24 heavy (non-hydrogen) atoms. The topological polar surface area (TPSA) is 37.8 Å². The number of rotatable bonds is 4. The van der Waals surface area contributed by atoms with Crippen molar-refractivity contribution in [2.45, 2.75) is 6.42 Å². The van der Waals surface area contributed by atoms with E-state index in [4.69, 9.17) is 0 Å². The van der Waals surface area contributed by atoms with Crippen molar-refractivity contribution in [3.8, 4) is 0 Å². The van der Waals surface area contributed by atoms with Crippen LogP contribution in [0, 0.1) is 5.82 Å². The summed E-state index contributed by atoms with van der Waals surface area (Å²) in [5.41, 5.74) is 1.60. The van der Waals surface area contributed by atoms with Crippen molar-refractivity contribution in [2.75, 3.05) is 11.9 Å². The molecule has 1 aromatic heterocycles. The van der Waals surface area contributed by atoms with Crippen LogP contribution >= 0.6 is 0 Å². The fourth-order valence-electron chi connectivity index (χ4n) is 2.91. The van der Waals surface area contributed by atoms with E-state index in [-0.39, 0.29) is 5.82 Å². The number of nitrogens with one attached hydrogen (secondary N) is 1. The van der Waals surface area contributed by atoms with Crippen LogP contribution in [-0.2, 0) is 6.42 Å². The van der Waals surface area contributed by atoms with Crippen molar-refractivity contribution in [3.63, 3.8) is 0 Å². The maximum Gasteiger partial charge on any atom is 0.149 e. The van der Waals surface area contributed by atoms with Crippen LogP contribution in [-0.4, -0.2) is 16.5 Å². The lowest BCUT2D eigenvalue weighted by molar-refractivity contribution is 0.636. The van der Waals surface area contributed by atoms with Gasteiger partial charge in [0.25, 0.3) is 0 Å². The third-order valence-electron chi connectivity index (χ3n) is 4.14. The maximum atomic E-state index is 13.8. The van der Waals surface area contributed by atoms with Gasteiger partial charge in [0, 0.05) is 11.9 Å². The summed E-state index contributed by atoms with van der Waals surface area (Å²) in [7, 11) is 0. The van der Waals surface area contributed by atoms with E-state index in [2.05, 4.69) is 45.6 Å². The second kappa shape index (κ2) is 6.24. The van der Waals surface area contributed by atoms with Crippen molar-refractivity contribution in [2.24, 2.45) is 0 Å². The quantitative estimate of drug-likeness (QED) is 0.599. The second-order valence-corrected chi connectivity index (χ2v) is 5.72. The smallest absolute Gasteiger partial charge is 0.149 e. The zero-order valence-electron chi connectivity index (χ0n) is 13.0. The van der Waals surface area contributed by atoms with Gasteiger partial charge in [-0.05, 0) is 34.9 Å². The Balaban J connectivity index is 1.52. The first-order valence-electron chi connectivity index (χ1n) is 7.92. The number of benzene rings is 3. The van der Waals surface area contributed by atoms with Gasteiger partial charge in [0.2, 0.25) is 0 Å². The van der Waals surface area contributed by atoms with Crippen LogP contribution in [0.1, 0.15) is 5.56 Å². The Morgan fingerprint density at radius 2 is 1.75 bits per heavy atom. The first kappa shape index (κ1) is 14.6. The van der Waals surface area contributed by atoms with Gasteiger partial charge in [0.05, 0.1) is 0 Å². The lowest BCUT2D eigenvalue weighted by atomic mass is 10.1. The van der Waals surface area contributed by atoms with Crippen LogP contribution in [0.25, 0.3) is 21.7 Å². The second-order valence-electron chi connectivity index (χ2n) is 5.72. The highest BCUT2D eigenvalue weighted by atomic mass is 19.1. The molecule has 0 bridgehead atoms. The molecule has 4 aromatic rings. The number of aromatic nitrogens is 2. The number of hydrogen-bond acceptors (Lipinski definition) is 3. The van der Waals surface area contributed by atoms with E-state index in [1.165, 1.54) is 28.7 Å². The monoisotopic (exact) mass is 317 g/mol. The molecule has 0 radical (unpaired) electrons. The van der Waals surface area contributed by atoms with Gasteiger partial charge in [-0.3, -0.25) is 0 Å². The predicted molar refractivity (Wildman–Crippen MR) is 95.6 cm³/mol. The van der Waals surface area contributed by atoms with Crippen LogP contribution in [0.5, 0.6) is 0 Å². The Morgan fingerprint density at radius 1 is 0.875 bits per heavy atom. The summed E-state index contributed by atoms with van der Waals surface area (Å²) in [5, 5.41) is 6.48. The largest absolute Gasteiger partial charge is 0.369 e. The number of fused-ring (bicyclic) bond motifs is 2. The minimum absolute atomic E-state index is 0.326. The van der Waals surface area contributed by atoms with Crippen LogP contribution in [0.4, 0.5) is 10.2 Å². The molecule has 4 rings (SSSR count). The standard InChI is InChI=1S/C20H16FN3/c21-18-7-3-6-17-19(18)23-13-24-20(17)22-11-10-14-8-9-15-4-1-2-5-16(15)12-14/h1-9,12-13H,10-11H2,(H,22,23,24). The van der Waals surface area contributed by atoms with Gasteiger partial charge in [0.15, 0.2) is 0 Å². The molecule has 1 heterocycles. The summed E-state index contributed by atoms with van der Waals surface area (Å²) in [4.78, 5) is 8.26. The zero-order valence-corrected chi connectivity index (χ0v) is 13.0. The van der Waals surface area contributed by atoms with E-state index < -0.39 is 0 Å². The van der Waals surface area contributed by atoms with Gasteiger partial charge in [-0.25, -0.2) is 14.4 Å². The summed E-state index contributed by atoms with van der Waals surface area (Å²) in [6.07, 6.45) is 2.26. The molecular formula is C20H16FN3. The van der Waals surface area contributed by atoms with Gasteiger partial charge < -0.3 is 5.32 Å². The molecule has 1 N–H and O–H groups in total. The minimum atomic E-state index is -0.326. The first-order chi connectivity index (χ1) is 11.8. The molecule has 118 valence electrons. The van der Waals surface area contributed by atoms with Crippen LogP contribution in [0.3, 0.4) is 0 Å². The molecule has 0 unspecified atom stereocenters. The summed E-state index contributed by atoms with van der Waals surface area (Å²) in [6.45, 7) is 0.723. The Morgan fingerprint density at radius 3 is 2.67 bits per heavy atom. The molecule has 0 aliphatic rings. The molecule has 4 heteroatoms. The lowest BCUT2D eigenvalue weighted by Crippen LogP contribution is -2.07. The van der Waals surface area contributed by atoms with E-state index >= 15 is 0 Å². The van der Waals surface area contributed by atoms with Gasteiger partial charge in [0.1, 0.15) is 23.5 Å². The average molecular weight is 317 g/mol. The molecule has 0 saturated heterocycles. The number of nitrogens with zero attached hydrogens (tertiary/aromatic N) is 2. The number of halogens is 1. The Kier molecular flexibility index (Phi) is 3.79. The van der Waals surface area contributed by atoms with Gasteiger partial charge in [-0.2, -0.15) is 0 Å². The van der Waals surface area contributed by atoms with E-state index in [0.717, 1.165) is 13.0 Å². The molecule has 0 atom stereocenters. The molecule has 0 aliphatic heterocycles. The normalized spacial score (nSPS) is 11.0. The molecule has 0 saturated carbocycles. The van der Waals surface area contributed by atoms with Crippen molar-refractivity contribution in [1.29, 1.82) is 0 Å². The molecule has 0 spiro atoms. The molecule has 3 nitrogen and oxygen atoms in total. The summed E-state index contributed by atoms with van der Waals surface area (Å²) in [6, 6.07) is 19.7. The zero-order chi connectivity index (χ0) is 16.4. The molecule has 0 amide bonds. The predicted octanol–water partition coefficient (Wildman–Crippen LogP) is 4.58. The fourth-order valence-corrected chi connectivity index (χ4v) is 2.91. The summed E-state index contributed by atoms with van der Waals surface area (Å²) >= 11 is 0. The average Bonchev–Trinajstić information content (AvgIpc) is 2.62. The van der Waals surface area contributed by atoms with Crippen molar-refractivity contribution < 1.29 is 4.39 Å². The third kappa shape index (κ3) is 2.78. The number of para-hydroxylation sites is 1. The van der Waals surface area contributed by atoms with Crippen LogP contribution in [0.2, 0.25) is 0 Å². The van der Waals surface area contributed by atoms with Crippen molar-refractivity contribution in [3.05, 3.63) is 78.4 Å². The van der Waals surface area contributed by atoms with E-state index in [9.17, 15) is 4.39 Å². The minimum Gasteiger partial charge on any atom is -0.369 e. The van der Waals surface area contributed by atoms with Crippen molar-refractivity contribution in [1.82, 2.24) is 9.97 Å². The molecule has 0 aliphatic carbocycles. The highest BCUT2D eigenvalue weighted by molar-refractivity contribution is 5.89. The molecule has 3 aromatic carbocycles. The van der Waals surface area contributed by atoms with Crippen LogP contribution < -0.4 is 5.32 Å². The maximum absolute atomic E-state index is 13.8. The third-order valence-corrected chi connectivity index (χ3v) is 4.14. The van der Waals surface area contributed by atoms with Gasteiger partial charge in [-0.15, -0.1) is 0 Å². The van der Waals surface area contributed by atoms with Gasteiger partial charge >= 0.3 is 0 Å². The molecular weight excluding hydrogens is 301 g/mol. The Labute approximate surface area is 139 Å². The SMILES string of the molecule is Fc1cccc2c(NCCc3ccc4ccccc4c3)ncnc12. The first-order valence-corrected chi connectivity index (χ1v) is 7.92. The summed E-state index contributed by atoms with van der Waals surface area (Å²) < 4.78 is 13.8. The number of hydrogen-bond donors (Lipinski definition) is 1. The fraction of sp³-hybridized carbons (Fsp3) is 0.100. The summed E-state index contributed by atoms with van der Waals surface area (Å²) in [5.74, 6) is 0.341. The highest BCUT2D eigenvalue weighted by Crippen LogP contribution is 2.21. The van der Waals surface area contributed by atoms with Crippen molar-refractivity contribution >= 4 is 27.5 Å². The Hall–Kier alpha value is -3.01. The number of anilines is 1. The lowest BCUT2D eigenvalue weighted by Gasteiger charge is -2.09. The Bertz CT molecular complexity index is 1010. The van der Waals surface area contributed by atoms with E-state index in [1.54, 1.807) is 6.07 Å². The van der Waals surface area contributed by atoms with Crippen LogP contribution in [0.15, 0.2) is 67.0 Å². The van der Waals surface area contributed by atoms with E-state index in [0.29, 0.717) is 16.7 Å². The highest BCUT2D eigenvalue weighted by Gasteiger charge is 2.06. The van der Waals surface area contributed by atoms with Gasteiger partial charge in [-0.1, -0.05) is 48.5 Å². The molecule has 0 fully saturated rings.